The second kappa shape index (κ2) is 7.79. The van der Waals surface area contributed by atoms with Gasteiger partial charge in [-0.1, -0.05) is 65.7 Å². The van der Waals surface area contributed by atoms with E-state index >= 15 is 0 Å². The molecule has 0 saturated heterocycles. The minimum atomic E-state index is -1.02. The van der Waals surface area contributed by atoms with E-state index in [-0.39, 0.29) is 11.8 Å². The van der Waals surface area contributed by atoms with Crippen molar-refractivity contribution in [3.05, 3.63) is 101 Å². The van der Waals surface area contributed by atoms with E-state index in [1.54, 1.807) is 4.90 Å². The van der Waals surface area contributed by atoms with Gasteiger partial charge in [0.15, 0.2) is 0 Å². The molecule has 0 fully saturated rings. The molecule has 0 aliphatic carbocycles. The van der Waals surface area contributed by atoms with Crippen LogP contribution in [0.1, 0.15) is 39.5 Å². The predicted molar refractivity (Wildman–Crippen MR) is 120 cm³/mol. The number of benzene rings is 3. The van der Waals surface area contributed by atoms with Gasteiger partial charge in [0.05, 0.1) is 0 Å². The molecule has 152 valence electrons. The second-order valence-electron chi connectivity index (χ2n) is 8.25. The Labute approximate surface area is 177 Å². The van der Waals surface area contributed by atoms with E-state index in [2.05, 4.69) is 5.32 Å². The van der Waals surface area contributed by atoms with Gasteiger partial charge in [0.25, 0.3) is 5.91 Å². The molecule has 30 heavy (non-hydrogen) atoms. The lowest BCUT2D eigenvalue weighted by Gasteiger charge is -2.44. The fraction of sp³-hybridized carbons (Fsp3) is 0.231. The van der Waals surface area contributed by atoms with E-state index in [4.69, 9.17) is 0 Å². The Morgan fingerprint density at radius 1 is 0.933 bits per heavy atom. The molecule has 1 aliphatic rings. The summed E-state index contributed by atoms with van der Waals surface area (Å²) in [6.07, 6.45) is 0.461. The number of amides is 2. The summed E-state index contributed by atoms with van der Waals surface area (Å²) in [7, 11) is 0. The first kappa shape index (κ1) is 19.9. The van der Waals surface area contributed by atoms with Crippen molar-refractivity contribution in [3.63, 3.8) is 0 Å². The number of rotatable bonds is 4. The minimum absolute atomic E-state index is 0.145. The summed E-state index contributed by atoms with van der Waals surface area (Å²) in [4.78, 5) is 28.6. The van der Waals surface area contributed by atoms with Crippen molar-refractivity contribution < 1.29 is 9.59 Å². The SMILES string of the molecule is Cc1ccc(CNC(=O)C2(C)Cc3ccccc3C(=O)N2c2ccc(C)cc2)cc1. The number of nitrogens with zero attached hydrogens (tertiary/aromatic N) is 1. The molecule has 1 atom stereocenters. The standard InChI is InChI=1S/C26H26N2O2/c1-18-8-12-20(13-9-18)17-27-25(30)26(3)16-21-6-4-5-7-23(21)24(29)28(26)22-14-10-19(2)11-15-22/h4-15H,16-17H2,1-3H3,(H,27,30). The number of fused-ring (bicyclic) bond motifs is 1. The first-order valence-electron chi connectivity index (χ1n) is 10.2. The maximum absolute atomic E-state index is 13.5. The van der Waals surface area contributed by atoms with E-state index in [0.717, 1.165) is 22.4 Å². The molecule has 2 amide bonds. The highest BCUT2D eigenvalue weighted by atomic mass is 16.2. The second-order valence-corrected chi connectivity index (χ2v) is 8.25. The van der Waals surface area contributed by atoms with Gasteiger partial charge in [-0.3, -0.25) is 14.5 Å². The number of hydrogen-bond acceptors (Lipinski definition) is 2. The molecule has 1 unspecified atom stereocenters. The summed E-state index contributed by atoms with van der Waals surface area (Å²) in [5.41, 5.74) is 4.58. The Hall–Kier alpha value is -3.40. The topological polar surface area (TPSA) is 49.4 Å². The van der Waals surface area contributed by atoms with Crippen molar-refractivity contribution in [1.82, 2.24) is 5.32 Å². The Balaban J connectivity index is 1.69. The number of carbonyl (C=O) groups is 2. The van der Waals surface area contributed by atoms with Gasteiger partial charge in [-0.15, -0.1) is 0 Å². The van der Waals surface area contributed by atoms with Crippen LogP contribution >= 0.6 is 0 Å². The van der Waals surface area contributed by atoms with Gasteiger partial charge >= 0.3 is 0 Å². The number of aryl methyl sites for hydroxylation is 2. The highest BCUT2D eigenvalue weighted by molar-refractivity contribution is 6.14. The molecule has 1 heterocycles. The summed E-state index contributed by atoms with van der Waals surface area (Å²) in [6.45, 7) is 6.32. The average Bonchev–Trinajstić information content (AvgIpc) is 2.74. The van der Waals surface area contributed by atoms with E-state index < -0.39 is 5.54 Å². The molecule has 1 N–H and O–H groups in total. The maximum Gasteiger partial charge on any atom is 0.259 e. The Morgan fingerprint density at radius 3 is 2.20 bits per heavy atom. The van der Waals surface area contributed by atoms with Crippen LogP contribution in [0.3, 0.4) is 0 Å². The summed E-state index contributed by atoms with van der Waals surface area (Å²) in [6, 6.07) is 23.4. The van der Waals surface area contributed by atoms with Crippen LogP contribution in [0.15, 0.2) is 72.8 Å². The first-order chi connectivity index (χ1) is 14.4. The summed E-state index contributed by atoms with van der Waals surface area (Å²) < 4.78 is 0. The van der Waals surface area contributed by atoms with Crippen LogP contribution in [-0.4, -0.2) is 17.4 Å². The highest BCUT2D eigenvalue weighted by Crippen LogP contribution is 2.35. The molecule has 0 aromatic heterocycles. The highest BCUT2D eigenvalue weighted by Gasteiger charge is 2.47. The van der Waals surface area contributed by atoms with Gasteiger partial charge < -0.3 is 5.32 Å². The third-order valence-corrected chi connectivity index (χ3v) is 5.83. The smallest absolute Gasteiger partial charge is 0.259 e. The number of hydrogen-bond donors (Lipinski definition) is 1. The van der Waals surface area contributed by atoms with E-state index in [9.17, 15) is 9.59 Å². The van der Waals surface area contributed by atoms with Crippen LogP contribution in [0, 0.1) is 13.8 Å². The van der Waals surface area contributed by atoms with Gasteiger partial charge in [0.2, 0.25) is 5.91 Å². The number of carbonyl (C=O) groups excluding carboxylic acids is 2. The van der Waals surface area contributed by atoms with Gasteiger partial charge in [-0.2, -0.15) is 0 Å². The van der Waals surface area contributed by atoms with Crippen LogP contribution < -0.4 is 10.2 Å². The molecule has 1 aliphatic heterocycles. The zero-order valence-electron chi connectivity index (χ0n) is 17.6. The lowest BCUT2D eigenvalue weighted by atomic mass is 9.82. The Morgan fingerprint density at radius 2 is 1.53 bits per heavy atom. The van der Waals surface area contributed by atoms with Crippen molar-refractivity contribution >= 4 is 17.5 Å². The van der Waals surface area contributed by atoms with Crippen LogP contribution in [0.2, 0.25) is 0 Å². The van der Waals surface area contributed by atoms with Gasteiger partial charge in [0.1, 0.15) is 5.54 Å². The Kier molecular flexibility index (Phi) is 5.17. The largest absolute Gasteiger partial charge is 0.350 e. The van der Waals surface area contributed by atoms with Crippen molar-refractivity contribution in [2.24, 2.45) is 0 Å². The molecular formula is C26H26N2O2. The molecule has 0 radical (unpaired) electrons. The third-order valence-electron chi connectivity index (χ3n) is 5.83. The van der Waals surface area contributed by atoms with E-state index in [0.29, 0.717) is 18.5 Å². The minimum Gasteiger partial charge on any atom is -0.350 e. The third kappa shape index (κ3) is 3.61. The Bertz CT molecular complexity index is 1090. The van der Waals surface area contributed by atoms with Crippen molar-refractivity contribution in [1.29, 1.82) is 0 Å². The van der Waals surface area contributed by atoms with Crippen molar-refractivity contribution in [3.8, 4) is 0 Å². The van der Waals surface area contributed by atoms with Crippen molar-refractivity contribution in [2.45, 2.75) is 39.3 Å². The molecule has 0 bridgehead atoms. The molecular weight excluding hydrogens is 372 g/mol. The lowest BCUT2D eigenvalue weighted by molar-refractivity contribution is -0.126. The summed E-state index contributed by atoms with van der Waals surface area (Å²) >= 11 is 0. The summed E-state index contributed by atoms with van der Waals surface area (Å²) in [5.74, 6) is -0.305. The normalized spacial score (nSPS) is 18.1. The lowest BCUT2D eigenvalue weighted by Crippen LogP contribution is -2.63. The first-order valence-corrected chi connectivity index (χ1v) is 10.2. The van der Waals surface area contributed by atoms with Crippen LogP contribution in [-0.2, 0) is 17.8 Å². The van der Waals surface area contributed by atoms with Crippen LogP contribution in [0.25, 0.3) is 0 Å². The van der Waals surface area contributed by atoms with Gasteiger partial charge in [-0.25, -0.2) is 0 Å². The van der Waals surface area contributed by atoms with Gasteiger partial charge in [0, 0.05) is 24.2 Å². The fourth-order valence-electron chi connectivity index (χ4n) is 4.03. The van der Waals surface area contributed by atoms with E-state index in [1.165, 1.54) is 5.56 Å². The number of nitrogens with one attached hydrogen (secondary N) is 1. The molecule has 3 aromatic carbocycles. The molecule has 4 rings (SSSR count). The van der Waals surface area contributed by atoms with Crippen molar-refractivity contribution in [2.75, 3.05) is 4.90 Å². The monoisotopic (exact) mass is 398 g/mol. The zero-order chi connectivity index (χ0) is 21.3. The van der Waals surface area contributed by atoms with Crippen LogP contribution in [0.5, 0.6) is 0 Å². The molecule has 4 heteroatoms. The quantitative estimate of drug-likeness (QED) is 0.699. The van der Waals surface area contributed by atoms with Crippen LogP contribution in [0.4, 0.5) is 5.69 Å². The molecule has 0 saturated carbocycles. The fourth-order valence-corrected chi connectivity index (χ4v) is 4.03. The van der Waals surface area contributed by atoms with Gasteiger partial charge in [-0.05, 0) is 50.1 Å². The average molecular weight is 399 g/mol. The molecule has 3 aromatic rings. The zero-order valence-corrected chi connectivity index (χ0v) is 17.6. The summed E-state index contributed by atoms with van der Waals surface area (Å²) in [5, 5.41) is 3.06. The predicted octanol–water partition coefficient (Wildman–Crippen LogP) is 4.58. The molecule has 0 spiro atoms. The number of anilines is 1. The maximum atomic E-state index is 13.5. The molecule has 4 nitrogen and oxygen atoms in total. The van der Waals surface area contributed by atoms with E-state index in [1.807, 2.05) is 93.6 Å².